The van der Waals surface area contributed by atoms with Gasteiger partial charge in [0.25, 0.3) is 15.0 Å². The van der Waals surface area contributed by atoms with Gasteiger partial charge in [-0.3, -0.25) is 4.79 Å². The van der Waals surface area contributed by atoms with E-state index in [1.54, 1.807) is 6.92 Å². The van der Waals surface area contributed by atoms with Crippen LogP contribution in [0.1, 0.15) is 34.3 Å². The van der Waals surface area contributed by atoms with Gasteiger partial charge in [0, 0.05) is 28.2 Å². The van der Waals surface area contributed by atoms with E-state index in [1.165, 1.54) is 6.07 Å². The number of halogens is 1. The molecule has 20 heavy (non-hydrogen) atoms. The lowest BCUT2D eigenvalue weighted by Crippen LogP contribution is -2.47. The third-order valence-corrected chi connectivity index (χ3v) is 5.82. The van der Waals surface area contributed by atoms with Gasteiger partial charge in [0.2, 0.25) is 0 Å². The first kappa shape index (κ1) is 15.8. The van der Waals surface area contributed by atoms with Crippen LogP contribution in [0.3, 0.4) is 0 Å². The van der Waals surface area contributed by atoms with E-state index in [2.05, 4.69) is 5.32 Å². The van der Waals surface area contributed by atoms with Gasteiger partial charge in [-0.2, -0.15) is 0 Å². The summed E-state index contributed by atoms with van der Waals surface area (Å²) < 4.78 is 28.1. The van der Waals surface area contributed by atoms with Gasteiger partial charge in [0.05, 0.1) is 15.9 Å². The molecule has 0 radical (unpaired) electrons. The molecule has 0 atom stereocenters. The second kappa shape index (κ2) is 6.01. The molecule has 1 saturated carbocycles. The Morgan fingerprint density at radius 2 is 2.20 bits per heavy atom. The lowest BCUT2D eigenvalue weighted by atomic mass is 9.89. The van der Waals surface area contributed by atoms with E-state index in [0.717, 1.165) is 24.2 Å². The third-order valence-electron chi connectivity index (χ3n) is 3.19. The zero-order chi connectivity index (χ0) is 14.9. The lowest BCUT2D eigenvalue weighted by Gasteiger charge is -2.35. The normalized spacial score (nSPS) is 22.4. The number of aryl methyl sites for hydroxylation is 1. The van der Waals surface area contributed by atoms with E-state index in [9.17, 15) is 13.2 Å². The number of hydrogen-bond donors (Lipinski definition) is 1. The maximum Gasteiger partial charge on any atom is 0.262 e. The molecule has 0 aromatic carbocycles. The molecular formula is C12H16ClNO4S2. The van der Waals surface area contributed by atoms with Crippen LogP contribution >= 0.6 is 22.0 Å². The van der Waals surface area contributed by atoms with Crippen LogP contribution in [-0.2, 0) is 13.8 Å². The van der Waals surface area contributed by atoms with E-state index in [-0.39, 0.29) is 22.9 Å². The highest BCUT2D eigenvalue weighted by molar-refractivity contribution is 8.13. The van der Waals surface area contributed by atoms with Gasteiger partial charge in [0.15, 0.2) is 0 Å². The van der Waals surface area contributed by atoms with Crippen LogP contribution in [0.25, 0.3) is 0 Å². The van der Waals surface area contributed by atoms with Crippen molar-refractivity contribution in [3.63, 3.8) is 0 Å². The maximum atomic E-state index is 12.0. The van der Waals surface area contributed by atoms with Crippen molar-refractivity contribution in [2.45, 2.75) is 43.7 Å². The zero-order valence-corrected chi connectivity index (χ0v) is 13.6. The molecule has 1 fully saturated rings. The van der Waals surface area contributed by atoms with Crippen molar-refractivity contribution in [2.75, 3.05) is 6.61 Å². The Hall–Kier alpha value is -0.630. The lowest BCUT2D eigenvalue weighted by molar-refractivity contribution is -0.00859. The van der Waals surface area contributed by atoms with E-state index in [0.29, 0.717) is 16.4 Å². The van der Waals surface area contributed by atoms with Gasteiger partial charge in [-0.15, -0.1) is 11.3 Å². The monoisotopic (exact) mass is 337 g/mol. The minimum Gasteiger partial charge on any atom is -0.378 e. The van der Waals surface area contributed by atoms with E-state index < -0.39 is 9.05 Å². The topological polar surface area (TPSA) is 72.5 Å². The van der Waals surface area contributed by atoms with Crippen molar-refractivity contribution in [3.05, 3.63) is 15.8 Å². The molecule has 0 spiro atoms. The van der Waals surface area contributed by atoms with Crippen LogP contribution in [0.15, 0.2) is 11.0 Å². The number of ether oxygens (including phenoxy) is 1. The highest BCUT2D eigenvalue weighted by Gasteiger charge is 2.31. The van der Waals surface area contributed by atoms with Crippen LogP contribution in [0, 0.1) is 6.92 Å². The Balaban J connectivity index is 1.98. The Morgan fingerprint density at radius 1 is 1.55 bits per heavy atom. The van der Waals surface area contributed by atoms with Crippen molar-refractivity contribution in [2.24, 2.45) is 0 Å². The maximum absolute atomic E-state index is 12.0. The Bertz CT molecular complexity index is 605. The van der Waals surface area contributed by atoms with Crippen molar-refractivity contribution >= 4 is 37.0 Å². The molecule has 0 aliphatic heterocycles. The first-order chi connectivity index (χ1) is 9.31. The first-order valence-electron chi connectivity index (χ1n) is 6.28. The van der Waals surface area contributed by atoms with Gasteiger partial charge in [-0.05, 0) is 32.8 Å². The molecule has 1 amide bonds. The highest BCUT2D eigenvalue weighted by Crippen LogP contribution is 2.29. The third kappa shape index (κ3) is 3.52. The predicted octanol–water partition coefficient (Wildman–Crippen LogP) is 2.28. The van der Waals surface area contributed by atoms with Gasteiger partial charge in [-0.25, -0.2) is 8.42 Å². The van der Waals surface area contributed by atoms with Gasteiger partial charge in [-0.1, -0.05) is 0 Å². The minimum atomic E-state index is -3.80. The summed E-state index contributed by atoms with van der Waals surface area (Å²) >= 11 is 1.13. The summed E-state index contributed by atoms with van der Waals surface area (Å²) in [6.45, 7) is 4.24. The molecule has 1 aliphatic rings. The average molecular weight is 338 g/mol. The molecule has 112 valence electrons. The Morgan fingerprint density at radius 3 is 2.70 bits per heavy atom. The van der Waals surface area contributed by atoms with Crippen molar-refractivity contribution in [1.29, 1.82) is 0 Å². The summed E-state index contributed by atoms with van der Waals surface area (Å²) in [5.41, 5.74) is 0. The summed E-state index contributed by atoms with van der Waals surface area (Å²) in [5, 5.41) is 2.87. The van der Waals surface area contributed by atoms with Gasteiger partial charge >= 0.3 is 0 Å². The predicted molar refractivity (Wildman–Crippen MR) is 78.0 cm³/mol. The van der Waals surface area contributed by atoms with Gasteiger partial charge in [0.1, 0.15) is 0 Å². The van der Waals surface area contributed by atoms with Gasteiger partial charge < -0.3 is 10.1 Å². The summed E-state index contributed by atoms with van der Waals surface area (Å²) in [6.07, 6.45) is 1.81. The first-order valence-corrected chi connectivity index (χ1v) is 9.41. The number of carbonyl (C=O) groups is 1. The molecular weight excluding hydrogens is 322 g/mol. The fourth-order valence-corrected chi connectivity index (χ4v) is 4.70. The molecule has 0 unspecified atom stereocenters. The number of hydrogen-bond acceptors (Lipinski definition) is 5. The standard InChI is InChI=1S/C12H16ClNO4S2/c1-3-18-9-4-8(5-9)14-12(15)10-6-11(7(2)19-10)20(13,16)17/h6,8-9H,3-5H2,1-2H3,(H,14,15). The van der Waals surface area contributed by atoms with Crippen molar-refractivity contribution in [3.8, 4) is 0 Å². The quantitative estimate of drug-likeness (QED) is 0.837. The second-order valence-electron chi connectivity index (χ2n) is 4.69. The molecule has 1 N–H and O–H groups in total. The number of rotatable bonds is 5. The number of carbonyl (C=O) groups excluding carboxylic acids is 1. The summed E-state index contributed by atoms with van der Waals surface area (Å²) in [6, 6.07) is 1.42. The van der Waals surface area contributed by atoms with E-state index in [4.69, 9.17) is 15.4 Å². The average Bonchev–Trinajstić information content (AvgIpc) is 2.68. The molecule has 8 heteroatoms. The number of amides is 1. The SMILES string of the molecule is CCOC1CC(NC(=O)c2cc(S(=O)(=O)Cl)c(C)s2)C1. The molecule has 2 rings (SSSR count). The summed E-state index contributed by atoms with van der Waals surface area (Å²) in [4.78, 5) is 12.9. The largest absolute Gasteiger partial charge is 0.378 e. The van der Waals surface area contributed by atoms with E-state index >= 15 is 0 Å². The molecule has 5 nitrogen and oxygen atoms in total. The minimum absolute atomic E-state index is 0.00937. The molecule has 0 bridgehead atoms. The molecule has 0 saturated heterocycles. The fourth-order valence-electron chi connectivity index (χ4n) is 2.13. The van der Waals surface area contributed by atoms with Crippen LogP contribution in [-0.4, -0.2) is 33.1 Å². The highest BCUT2D eigenvalue weighted by atomic mass is 35.7. The summed E-state index contributed by atoms with van der Waals surface area (Å²) in [5.74, 6) is -0.260. The second-order valence-corrected chi connectivity index (χ2v) is 8.48. The smallest absolute Gasteiger partial charge is 0.262 e. The molecule has 1 heterocycles. The number of thiophene rings is 1. The summed E-state index contributed by atoms with van der Waals surface area (Å²) in [7, 11) is 1.51. The van der Waals surface area contributed by atoms with Crippen LogP contribution in [0.2, 0.25) is 0 Å². The van der Waals surface area contributed by atoms with Crippen LogP contribution in [0.5, 0.6) is 0 Å². The van der Waals surface area contributed by atoms with Crippen molar-refractivity contribution < 1.29 is 17.9 Å². The number of nitrogens with one attached hydrogen (secondary N) is 1. The molecule has 1 aliphatic carbocycles. The zero-order valence-electron chi connectivity index (χ0n) is 11.2. The van der Waals surface area contributed by atoms with Crippen LogP contribution in [0.4, 0.5) is 0 Å². The van der Waals surface area contributed by atoms with Crippen LogP contribution < -0.4 is 5.32 Å². The Kier molecular flexibility index (Phi) is 4.73. The molecule has 1 aromatic heterocycles. The Labute approximate surface area is 126 Å². The van der Waals surface area contributed by atoms with E-state index in [1.807, 2.05) is 6.92 Å². The fraction of sp³-hybridized carbons (Fsp3) is 0.583. The molecule has 1 aromatic rings. The van der Waals surface area contributed by atoms with Crippen molar-refractivity contribution in [1.82, 2.24) is 5.32 Å².